The summed E-state index contributed by atoms with van der Waals surface area (Å²) in [6.07, 6.45) is 1.40. The van der Waals surface area contributed by atoms with Gasteiger partial charge in [0.25, 0.3) is 17.4 Å². The van der Waals surface area contributed by atoms with Crippen molar-refractivity contribution in [2.45, 2.75) is 25.4 Å². The summed E-state index contributed by atoms with van der Waals surface area (Å²) in [5.41, 5.74) is 10.6. The maximum absolute atomic E-state index is 12.5. The third-order valence-electron chi connectivity index (χ3n) is 4.69. The summed E-state index contributed by atoms with van der Waals surface area (Å²) < 4.78 is 0. The summed E-state index contributed by atoms with van der Waals surface area (Å²) in [5, 5.41) is 5.63. The molecular formula is C19H23N11O4. The molecule has 15 heteroatoms. The maximum atomic E-state index is 12.5. The maximum Gasteiger partial charge on any atom is 0.280 e. The van der Waals surface area contributed by atoms with E-state index in [1.54, 1.807) is 24.3 Å². The number of anilines is 2. The molecule has 0 aliphatic rings. The minimum Gasteiger partial charge on any atom is -0.379 e. The molecule has 0 saturated heterocycles. The molecule has 0 spiro atoms. The van der Waals surface area contributed by atoms with E-state index in [2.05, 4.69) is 30.6 Å². The van der Waals surface area contributed by atoms with Crippen LogP contribution in [0.5, 0.6) is 0 Å². The Bertz CT molecular complexity index is 1260. The number of nitrogens with two attached hydrogens (primary N) is 3. The number of hydrogen-bond donors (Lipinski definition) is 8. The van der Waals surface area contributed by atoms with E-state index in [9.17, 15) is 19.2 Å². The van der Waals surface area contributed by atoms with Crippen LogP contribution >= 0.6 is 0 Å². The summed E-state index contributed by atoms with van der Waals surface area (Å²) >= 11 is 0. The number of rotatable bonds is 9. The van der Waals surface area contributed by atoms with Gasteiger partial charge < -0.3 is 16.4 Å². The van der Waals surface area contributed by atoms with E-state index in [1.165, 1.54) is 6.20 Å². The Balaban J connectivity index is 1.62. The highest BCUT2D eigenvalue weighted by Crippen LogP contribution is 2.12. The van der Waals surface area contributed by atoms with E-state index >= 15 is 0 Å². The lowest BCUT2D eigenvalue weighted by Gasteiger charge is -2.17. The molecule has 178 valence electrons. The second kappa shape index (κ2) is 10.8. The molecule has 0 aliphatic heterocycles. The summed E-state index contributed by atoms with van der Waals surface area (Å²) in [6, 6.07) is 5.37. The molecule has 11 N–H and O–H groups in total. The van der Waals surface area contributed by atoms with Gasteiger partial charge in [-0.15, -0.1) is 0 Å². The van der Waals surface area contributed by atoms with E-state index in [1.807, 2.05) is 10.9 Å². The highest BCUT2D eigenvalue weighted by atomic mass is 16.2. The van der Waals surface area contributed by atoms with E-state index in [4.69, 9.17) is 17.4 Å². The number of H-pyrrole nitrogens is 1. The number of nitrogen functional groups attached to an aromatic ring is 1. The highest BCUT2D eigenvalue weighted by molar-refractivity contribution is 5.97. The second-order valence-electron chi connectivity index (χ2n) is 7.06. The summed E-state index contributed by atoms with van der Waals surface area (Å²) in [4.78, 5) is 62.3. The second-order valence-corrected chi connectivity index (χ2v) is 7.06. The Hall–Kier alpha value is -4.63. The van der Waals surface area contributed by atoms with Gasteiger partial charge in [0.1, 0.15) is 6.04 Å². The Morgan fingerprint density at radius 1 is 1.06 bits per heavy atom. The monoisotopic (exact) mass is 469 g/mol. The smallest absolute Gasteiger partial charge is 0.280 e. The fourth-order valence-electron chi connectivity index (χ4n) is 2.95. The first kappa shape index (κ1) is 24.0. The van der Waals surface area contributed by atoms with E-state index in [0.29, 0.717) is 11.4 Å². The van der Waals surface area contributed by atoms with Crippen LogP contribution in [0, 0.1) is 0 Å². The van der Waals surface area contributed by atoms with Gasteiger partial charge in [-0.3, -0.25) is 35.0 Å². The standard InChI is InChI=1S/C19H23N11O4/c20-19-27-15-14(18(34)28-19)25-11(8-24-15)7-23-10-3-1-9(2-4-10)16(32)26-12(17(33)30-22)5-6-13(31)29-21/h1-4,8,12,23H,5-7,21-22H2,(H,26,32)(H,29,31)(H,30,33)(H3,20,24,27,28,34)/t12-/m0/s1. The number of carbonyl (C=O) groups is 3. The minimum absolute atomic E-state index is 0.00911. The van der Waals surface area contributed by atoms with Crippen molar-refractivity contribution in [3.63, 3.8) is 0 Å². The van der Waals surface area contributed by atoms with E-state index < -0.39 is 29.3 Å². The number of carbonyl (C=O) groups excluding carboxylic acids is 3. The van der Waals surface area contributed by atoms with Gasteiger partial charge >= 0.3 is 0 Å². The van der Waals surface area contributed by atoms with Crippen molar-refractivity contribution in [3.05, 3.63) is 52.1 Å². The van der Waals surface area contributed by atoms with Gasteiger partial charge in [-0.05, 0) is 30.7 Å². The van der Waals surface area contributed by atoms with Gasteiger partial charge in [-0.25, -0.2) is 21.7 Å². The van der Waals surface area contributed by atoms with Crippen molar-refractivity contribution in [1.82, 2.24) is 36.1 Å². The van der Waals surface area contributed by atoms with Gasteiger partial charge in [-0.1, -0.05) is 0 Å². The largest absolute Gasteiger partial charge is 0.379 e. The van der Waals surface area contributed by atoms with Gasteiger partial charge in [0.2, 0.25) is 11.9 Å². The van der Waals surface area contributed by atoms with Gasteiger partial charge in [-0.2, -0.15) is 4.98 Å². The molecule has 3 amide bonds. The fraction of sp³-hybridized carbons (Fsp3) is 0.211. The molecule has 1 atom stereocenters. The molecule has 0 aliphatic carbocycles. The predicted octanol–water partition coefficient (Wildman–Crippen LogP) is -2.23. The lowest BCUT2D eigenvalue weighted by Crippen LogP contribution is -2.49. The number of nitrogens with one attached hydrogen (secondary N) is 5. The van der Waals surface area contributed by atoms with Crippen LogP contribution in [-0.4, -0.2) is 43.7 Å². The summed E-state index contributed by atoms with van der Waals surface area (Å²) in [5.74, 6) is 8.47. The number of aromatic amines is 1. The number of hydrazine groups is 2. The highest BCUT2D eigenvalue weighted by Gasteiger charge is 2.21. The number of nitrogens with zero attached hydrogens (tertiary/aromatic N) is 3. The lowest BCUT2D eigenvalue weighted by molar-refractivity contribution is -0.124. The normalized spacial score (nSPS) is 11.5. The third-order valence-corrected chi connectivity index (χ3v) is 4.69. The Kier molecular flexibility index (Phi) is 7.63. The molecule has 0 radical (unpaired) electrons. The zero-order valence-electron chi connectivity index (χ0n) is 17.8. The van der Waals surface area contributed by atoms with Gasteiger partial charge in [0.05, 0.1) is 18.4 Å². The SMILES string of the molecule is NNC(=O)CC[C@H](NC(=O)c1ccc(NCc2cnc3nc(N)[nH]c(=O)c3n2)cc1)C(=O)NN. The Labute approximate surface area is 191 Å². The van der Waals surface area contributed by atoms with Crippen molar-refractivity contribution < 1.29 is 14.4 Å². The zero-order chi connectivity index (χ0) is 24.7. The first-order valence-electron chi connectivity index (χ1n) is 9.97. The van der Waals surface area contributed by atoms with Crippen LogP contribution in [-0.2, 0) is 16.1 Å². The minimum atomic E-state index is -1.02. The lowest BCUT2D eigenvalue weighted by atomic mass is 10.1. The van der Waals surface area contributed by atoms with Crippen LogP contribution in [0.15, 0.2) is 35.3 Å². The van der Waals surface area contributed by atoms with Crippen LogP contribution in [0.3, 0.4) is 0 Å². The van der Waals surface area contributed by atoms with Crippen LogP contribution in [0.4, 0.5) is 11.6 Å². The molecule has 2 aromatic heterocycles. The number of aromatic nitrogens is 4. The van der Waals surface area contributed by atoms with Crippen LogP contribution in [0.25, 0.3) is 11.2 Å². The van der Waals surface area contributed by atoms with Crippen molar-refractivity contribution in [2.24, 2.45) is 11.7 Å². The third kappa shape index (κ3) is 5.99. The van der Waals surface area contributed by atoms with Crippen molar-refractivity contribution in [2.75, 3.05) is 11.1 Å². The fourth-order valence-corrected chi connectivity index (χ4v) is 2.95. The summed E-state index contributed by atoms with van der Waals surface area (Å²) in [6.45, 7) is 0.250. The molecule has 0 unspecified atom stereocenters. The number of amides is 3. The van der Waals surface area contributed by atoms with Crippen molar-refractivity contribution >= 4 is 40.5 Å². The van der Waals surface area contributed by atoms with E-state index in [-0.39, 0.29) is 42.1 Å². The zero-order valence-corrected chi connectivity index (χ0v) is 17.8. The number of benzene rings is 1. The summed E-state index contributed by atoms with van der Waals surface area (Å²) in [7, 11) is 0. The first-order chi connectivity index (χ1) is 16.3. The van der Waals surface area contributed by atoms with Crippen LogP contribution in [0.2, 0.25) is 0 Å². The quantitative estimate of drug-likeness (QED) is 0.0945. The molecule has 3 aromatic rings. The van der Waals surface area contributed by atoms with Crippen molar-refractivity contribution in [3.8, 4) is 0 Å². The Morgan fingerprint density at radius 2 is 1.79 bits per heavy atom. The molecule has 0 saturated carbocycles. The average Bonchev–Trinajstić information content (AvgIpc) is 2.84. The number of fused-ring (bicyclic) bond motifs is 1. The number of hydrogen-bond acceptors (Lipinski definition) is 11. The Morgan fingerprint density at radius 3 is 2.47 bits per heavy atom. The van der Waals surface area contributed by atoms with Gasteiger partial charge in [0, 0.05) is 17.7 Å². The molecule has 0 bridgehead atoms. The van der Waals surface area contributed by atoms with Crippen molar-refractivity contribution in [1.29, 1.82) is 0 Å². The molecule has 15 nitrogen and oxygen atoms in total. The van der Waals surface area contributed by atoms with E-state index in [0.717, 1.165) is 0 Å². The molecule has 3 rings (SSSR count). The predicted molar refractivity (Wildman–Crippen MR) is 121 cm³/mol. The average molecular weight is 469 g/mol. The molecule has 1 aromatic carbocycles. The van der Waals surface area contributed by atoms with Crippen LogP contribution < -0.4 is 44.5 Å². The van der Waals surface area contributed by atoms with Gasteiger partial charge in [0.15, 0.2) is 11.2 Å². The molecule has 34 heavy (non-hydrogen) atoms. The molecule has 2 heterocycles. The first-order valence-corrected chi connectivity index (χ1v) is 9.97. The molecular weight excluding hydrogens is 446 g/mol. The topological polar surface area (TPSA) is 249 Å². The molecule has 0 fully saturated rings. The van der Waals surface area contributed by atoms with Crippen LogP contribution in [0.1, 0.15) is 28.9 Å².